The molecule has 0 saturated carbocycles. The van der Waals surface area contributed by atoms with Crippen LogP contribution in [0.15, 0.2) is 4.99 Å². The van der Waals surface area contributed by atoms with E-state index in [2.05, 4.69) is 4.99 Å². The van der Waals surface area contributed by atoms with Crippen molar-refractivity contribution in [2.75, 3.05) is 0 Å². The van der Waals surface area contributed by atoms with E-state index >= 15 is 0 Å². The summed E-state index contributed by atoms with van der Waals surface area (Å²) in [6.45, 7) is 0. The summed E-state index contributed by atoms with van der Waals surface area (Å²) in [6.07, 6.45) is -1.91. The molecule has 0 aromatic rings. The highest BCUT2D eigenvalue weighted by atomic mass is 16.4. The first-order chi connectivity index (χ1) is 7.73. The summed E-state index contributed by atoms with van der Waals surface area (Å²) >= 11 is 0. The van der Waals surface area contributed by atoms with Crippen LogP contribution in [-0.4, -0.2) is 56.1 Å². The summed E-state index contributed by atoms with van der Waals surface area (Å²) in [5.74, 6) is -6.34. The molecule has 4 N–H and O–H groups in total. The van der Waals surface area contributed by atoms with Crippen molar-refractivity contribution in [3.8, 4) is 0 Å². The maximum absolute atomic E-state index is 10.6. The Morgan fingerprint density at radius 2 is 1.47 bits per heavy atom. The molecule has 0 aliphatic heterocycles. The third-order valence-electron chi connectivity index (χ3n) is 1.53. The molecule has 0 unspecified atom stereocenters. The second-order valence-corrected chi connectivity index (χ2v) is 2.90. The van der Waals surface area contributed by atoms with Gasteiger partial charge in [-0.1, -0.05) is 0 Å². The van der Waals surface area contributed by atoms with Crippen LogP contribution in [0.3, 0.4) is 0 Å². The van der Waals surface area contributed by atoms with Crippen molar-refractivity contribution in [2.45, 2.75) is 18.9 Å². The van der Waals surface area contributed by atoms with Gasteiger partial charge in [-0.2, -0.15) is 0 Å². The highest BCUT2D eigenvalue weighted by molar-refractivity contribution is 6.38. The zero-order valence-electron chi connectivity index (χ0n) is 8.36. The number of rotatable bonds is 7. The molecule has 17 heavy (non-hydrogen) atoms. The first-order valence-electron chi connectivity index (χ1n) is 4.20. The summed E-state index contributed by atoms with van der Waals surface area (Å²) in [5.41, 5.74) is -0.911. The van der Waals surface area contributed by atoms with Crippen molar-refractivity contribution in [3.63, 3.8) is 0 Å². The third kappa shape index (κ3) is 5.87. The second-order valence-electron chi connectivity index (χ2n) is 2.90. The first kappa shape index (κ1) is 14.6. The molecule has 0 aliphatic rings. The highest BCUT2D eigenvalue weighted by Crippen LogP contribution is 2.02. The van der Waals surface area contributed by atoms with Gasteiger partial charge < -0.3 is 20.4 Å². The molecular formula is C8H9NO8. The summed E-state index contributed by atoms with van der Waals surface area (Å²) in [7, 11) is 0. The van der Waals surface area contributed by atoms with Gasteiger partial charge in [0.2, 0.25) is 0 Å². The molecule has 9 nitrogen and oxygen atoms in total. The smallest absolute Gasteiger partial charge is 0.350 e. The largest absolute Gasteiger partial charge is 0.481 e. The molecule has 0 aliphatic carbocycles. The Hall–Kier alpha value is -2.45. The van der Waals surface area contributed by atoms with Gasteiger partial charge in [-0.05, 0) is 0 Å². The lowest BCUT2D eigenvalue weighted by Crippen LogP contribution is -2.27. The lowest BCUT2D eigenvalue weighted by atomic mass is 10.2. The predicted molar refractivity (Wildman–Crippen MR) is 51.0 cm³/mol. The lowest BCUT2D eigenvalue weighted by molar-refractivity contribution is -0.145. The van der Waals surface area contributed by atoms with Gasteiger partial charge in [0.05, 0.1) is 12.8 Å². The van der Waals surface area contributed by atoms with Crippen molar-refractivity contribution < 1.29 is 39.6 Å². The quantitative estimate of drug-likeness (QED) is 0.412. The Balaban J connectivity index is 5.07. The fraction of sp³-hybridized carbons (Fsp3) is 0.375. The minimum Gasteiger partial charge on any atom is -0.481 e. The van der Waals surface area contributed by atoms with Crippen molar-refractivity contribution in [1.82, 2.24) is 0 Å². The van der Waals surface area contributed by atoms with Gasteiger partial charge in [-0.3, -0.25) is 14.6 Å². The molecule has 0 saturated heterocycles. The minimum atomic E-state index is -1.82. The molecule has 0 amide bonds. The van der Waals surface area contributed by atoms with E-state index in [9.17, 15) is 19.2 Å². The normalized spacial score (nSPS) is 12.8. The molecule has 0 rings (SSSR count). The fourth-order valence-electron chi connectivity index (χ4n) is 0.861. The summed E-state index contributed by atoms with van der Waals surface area (Å²) in [5, 5.41) is 33.9. The van der Waals surface area contributed by atoms with Crippen LogP contribution in [0.25, 0.3) is 0 Å². The predicted octanol–water partition coefficient (Wildman–Crippen LogP) is -1.09. The molecule has 0 spiro atoms. The number of hydrogen-bond acceptors (Lipinski definition) is 5. The Bertz CT molecular complexity index is 385. The molecule has 0 aromatic heterocycles. The van der Waals surface area contributed by atoms with E-state index in [0.717, 1.165) is 0 Å². The van der Waals surface area contributed by atoms with Gasteiger partial charge >= 0.3 is 23.9 Å². The molecule has 0 heterocycles. The van der Waals surface area contributed by atoms with Crippen LogP contribution in [-0.2, 0) is 19.2 Å². The number of aliphatic imine (C=N–C) groups is 1. The summed E-state index contributed by atoms with van der Waals surface area (Å²) in [6, 6.07) is -1.82. The average Bonchev–Trinajstić information content (AvgIpc) is 2.13. The monoisotopic (exact) mass is 247 g/mol. The zero-order valence-corrected chi connectivity index (χ0v) is 8.36. The zero-order chi connectivity index (χ0) is 13.6. The Labute approximate surface area is 94.0 Å². The minimum absolute atomic E-state index is 0.911. The molecular weight excluding hydrogens is 238 g/mol. The number of nitrogens with zero attached hydrogens (tertiary/aromatic N) is 1. The van der Waals surface area contributed by atoms with E-state index in [1.165, 1.54) is 0 Å². The maximum Gasteiger partial charge on any atom is 0.350 e. The van der Waals surface area contributed by atoms with E-state index in [0.29, 0.717) is 0 Å². The van der Waals surface area contributed by atoms with E-state index in [1.54, 1.807) is 0 Å². The Kier molecular flexibility index (Phi) is 5.31. The van der Waals surface area contributed by atoms with Crippen LogP contribution in [0, 0.1) is 0 Å². The van der Waals surface area contributed by atoms with Gasteiger partial charge in [0.1, 0.15) is 5.71 Å². The first-order valence-corrected chi connectivity index (χ1v) is 4.20. The van der Waals surface area contributed by atoms with E-state index in [-0.39, 0.29) is 0 Å². The van der Waals surface area contributed by atoms with Crippen molar-refractivity contribution in [3.05, 3.63) is 0 Å². The van der Waals surface area contributed by atoms with E-state index in [4.69, 9.17) is 20.4 Å². The molecule has 0 aromatic carbocycles. The number of carboxylic acid groups (broad SMARTS) is 4. The standard InChI is InChI=1S/C8H9NO8/c10-5(11)1-3(7(14)15)9-4(8(16)17)2-6(12)13/h3H,1-2H2,(H,10,11)(H,12,13)(H,14,15)(H,16,17)/t3-/m0/s1. The molecule has 0 fully saturated rings. The fourth-order valence-corrected chi connectivity index (χ4v) is 0.861. The highest BCUT2D eigenvalue weighted by Gasteiger charge is 2.23. The van der Waals surface area contributed by atoms with E-state index < -0.39 is 48.5 Å². The molecule has 9 heteroatoms. The van der Waals surface area contributed by atoms with Gasteiger partial charge in [0.15, 0.2) is 6.04 Å². The van der Waals surface area contributed by atoms with Crippen molar-refractivity contribution in [1.29, 1.82) is 0 Å². The van der Waals surface area contributed by atoms with Crippen molar-refractivity contribution >= 4 is 29.6 Å². The van der Waals surface area contributed by atoms with Crippen LogP contribution >= 0.6 is 0 Å². The van der Waals surface area contributed by atoms with Crippen LogP contribution in [0.5, 0.6) is 0 Å². The topological polar surface area (TPSA) is 162 Å². The van der Waals surface area contributed by atoms with Gasteiger partial charge in [-0.15, -0.1) is 0 Å². The number of carboxylic acids is 4. The molecule has 94 valence electrons. The number of aliphatic carboxylic acids is 4. The third-order valence-corrected chi connectivity index (χ3v) is 1.53. The Morgan fingerprint density at radius 1 is 0.941 bits per heavy atom. The number of carbonyl (C=O) groups is 4. The summed E-state index contributed by atoms with van der Waals surface area (Å²) in [4.78, 5) is 44.8. The maximum atomic E-state index is 10.6. The molecule has 0 bridgehead atoms. The average molecular weight is 247 g/mol. The van der Waals surface area contributed by atoms with E-state index in [1.807, 2.05) is 0 Å². The van der Waals surface area contributed by atoms with Crippen LogP contribution < -0.4 is 0 Å². The molecule has 1 atom stereocenters. The van der Waals surface area contributed by atoms with Gasteiger partial charge in [0, 0.05) is 0 Å². The second kappa shape index (κ2) is 6.20. The van der Waals surface area contributed by atoms with Crippen LogP contribution in [0.4, 0.5) is 0 Å². The van der Waals surface area contributed by atoms with Crippen LogP contribution in [0.1, 0.15) is 12.8 Å². The lowest BCUT2D eigenvalue weighted by Gasteiger charge is -2.05. The van der Waals surface area contributed by atoms with Crippen molar-refractivity contribution in [2.24, 2.45) is 4.99 Å². The van der Waals surface area contributed by atoms with Crippen LogP contribution in [0.2, 0.25) is 0 Å². The number of hydrogen-bond donors (Lipinski definition) is 4. The summed E-state index contributed by atoms with van der Waals surface area (Å²) < 4.78 is 0. The Morgan fingerprint density at radius 3 is 1.76 bits per heavy atom. The SMILES string of the molecule is O=C(O)CC(=N[C@@H](CC(=O)O)C(=O)O)C(=O)O. The van der Waals surface area contributed by atoms with Gasteiger partial charge in [-0.25, -0.2) is 9.59 Å². The van der Waals surface area contributed by atoms with Gasteiger partial charge in [0.25, 0.3) is 0 Å². The molecule has 0 radical (unpaired) electrons.